The van der Waals surface area contributed by atoms with Gasteiger partial charge < -0.3 is 14.8 Å². The van der Waals surface area contributed by atoms with Crippen LogP contribution in [0.25, 0.3) is 0 Å². The van der Waals surface area contributed by atoms with Gasteiger partial charge in [-0.3, -0.25) is 4.79 Å². The van der Waals surface area contributed by atoms with Crippen molar-refractivity contribution in [3.63, 3.8) is 0 Å². The molecule has 2 aromatic rings. The number of nitrogens with one attached hydrogen (secondary N) is 1. The maximum atomic E-state index is 11.9. The Morgan fingerprint density at radius 1 is 1.08 bits per heavy atom. The SMILES string of the molecule is O=C(CSc1ccc(Br)cc1)NCCc1ccc2c(c1)OCCO2. The number of carbonyl (C=O) groups excluding carboxylic acids is 1. The van der Waals surface area contributed by atoms with Gasteiger partial charge in [0.15, 0.2) is 11.5 Å². The first-order valence-electron chi connectivity index (χ1n) is 7.74. The van der Waals surface area contributed by atoms with Crippen molar-refractivity contribution < 1.29 is 14.3 Å². The maximum absolute atomic E-state index is 11.9. The van der Waals surface area contributed by atoms with Crippen LogP contribution in [0.3, 0.4) is 0 Å². The molecule has 1 heterocycles. The molecule has 1 amide bonds. The summed E-state index contributed by atoms with van der Waals surface area (Å²) >= 11 is 4.93. The van der Waals surface area contributed by atoms with E-state index >= 15 is 0 Å². The largest absolute Gasteiger partial charge is 0.486 e. The molecule has 1 N–H and O–H groups in total. The fourth-order valence-corrected chi connectivity index (χ4v) is 3.31. The van der Waals surface area contributed by atoms with Crippen molar-refractivity contribution in [1.82, 2.24) is 5.32 Å². The van der Waals surface area contributed by atoms with Gasteiger partial charge in [-0.05, 0) is 48.4 Å². The number of benzene rings is 2. The second kappa shape index (κ2) is 8.44. The molecule has 24 heavy (non-hydrogen) atoms. The van der Waals surface area contributed by atoms with Crippen molar-refractivity contribution >= 4 is 33.6 Å². The van der Waals surface area contributed by atoms with E-state index in [0.717, 1.165) is 32.9 Å². The van der Waals surface area contributed by atoms with Crippen molar-refractivity contribution in [1.29, 1.82) is 0 Å². The Morgan fingerprint density at radius 2 is 1.83 bits per heavy atom. The van der Waals surface area contributed by atoms with Gasteiger partial charge in [0.25, 0.3) is 0 Å². The molecule has 0 bridgehead atoms. The van der Waals surface area contributed by atoms with E-state index in [1.807, 2.05) is 42.5 Å². The molecule has 0 aromatic heterocycles. The van der Waals surface area contributed by atoms with Crippen LogP contribution in [0.5, 0.6) is 11.5 Å². The lowest BCUT2D eigenvalue weighted by atomic mass is 10.1. The molecule has 126 valence electrons. The van der Waals surface area contributed by atoms with Crippen LogP contribution in [0, 0.1) is 0 Å². The molecule has 0 fully saturated rings. The maximum Gasteiger partial charge on any atom is 0.230 e. The Morgan fingerprint density at radius 3 is 2.62 bits per heavy atom. The minimum atomic E-state index is 0.0421. The van der Waals surface area contributed by atoms with E-state index in [0.29, 0.717) is 25.5 Å². The van der Waals surface area contributed by atoms with E-state index in [-0.39, 0.29) is 5.91 Å². The van der Waals surface area contributed by atoms with Gasteiger partial charge in [0.1, 0.15) is 13.2 Å². The van der Waals surface area contributed by atoms with Crippen LogP contribution in [-0.2, 0) is 11.2 Å². The molecule has 2 aromatic carbocycles. The molecule has 0 atom stereocenters. The molecule has 6 heteroatoms. The lowest BCUT2D eigenvalue weighted by molar-refractivity contribution is -0.118. The molecular weight excluding hydrogens is 390 g/mol. The number of amides is 1. The van der Waals surface area contributed by atoms with Gasteiger partial charge in [0.2, 0.25) is 5.91 Å². The normalized spacial score (nSPS) is 12.7. The van der Waals surface area contributed by atoms with Crippen LogP contribution in [0.1, 0.15) is 5.56 Å². The van der Waals surface area contributed by atoms with Crippen molar-refractivity contribution in [2.24, 2.45) is 0 Å². The third-order valence-corrected chi connectivity index (χ3v) is 5.07. The van der Waals surface area contributed by atoms with E-state index in [2.05, 4.69) is 21.2 Å². The van der Waals surface area contributed by atoms with E-state index in [9.17, 15) is 4.79 Å². The van der Waals surface area contributed by atoms with E-state index < -0.39 is 0 Å². The summed E-state index contributed by atoms with van der Waals surface area (Å²) in [6.45, 7) is 1.79. The third kappa shape index (κ3) is 4.92. The van der Waals surface area contributed by atoms with Crippen LogP contribution >= 0.6 is 27.7 Å². The third-order valence-electron chi connectivity index (χ3n) is 3.53. The summed E-state index contributed by atoms with van der Waals surface area (Å²) in [5.41, 5.74) is 1.13. The Bertz CT molecular complexity index is 706. The summed E-state index contributed by atoms with van der Waals surface area (Å²) in [5.74, 6) is 2.04. The highest BCUT2D eigenvalue weighted by Crippen LogP contribution is 2.30. The smallest absolute Gasteiger partial charge is 0.230 e. The van der Waals surface area contributed by atoms with Crippen LogP contribution in [0.4, 0.5) is 0 Å². The fraction of sp³-hybridized carbons (Fsp3) is 0.278. The molecule has 3 rings (SSSR count). The van der Waals surface area contributed by atoms with Gasteiger partial charge >= 0.3 is 0 Å². The van der Waals surface area contributed by atoms with E-state index in [1.165, 1.54) is 11.8 Å². The van der Waals surface area contributed by atoms with Crippen LogP contribution in [0.2, 0.25) is 0 Å². The topological polar surface area (TPSA) is 47.6 Å². The summed E-state index contributed by atoms with van der Waals surface area (Å²) in [6.07, 6.45) is 0.769. The molecule has 1 aliphatic heterocycles. The second-order valence-corrected chi connectivity index (χ2v) is 7.28. The van der Waals surface area contributed by atoms with E-state index in [1.54, 1.807) is 0 Å². The first-order chi connectivity index (χ1) is 11.7. The van der Waals surface area contributed by atoms with Crippen molar-refractivity contribution in [3.8, 4) is 11.5 Å². The molecular formula is C18H18BrNO3S. The minimum absolute atomic E-state index is 0.0421. The summed E-state index contributed by atoms with van der Waals surface area (Å²) in [6, 6.07) is 13.9. The monoisotopic (exact) mass is 407 g/mol. The first kappa shape index (κ1) is 17.2. The molecule has 0 radical (unpaired) electrons. The molecule has 0 saturated carbocycles. The number of fused-ring (bicyclic) bond motifs is 1. The highest BCUT2D eigenvalue weighted by Gasteiger charge is 2.11. The summed E-state index contributed by atoms with van der Waals surface area (Å²) in [7, 11) is 0. The van der Waals surface area contributed by atoms with Crippen molar-refractivity contribution in [3.05, 3.63) is 52.5 Å². The number of rotatable bonds is 6. The fourth-order valence-electron chi connectivity index (χ4n) is 2.32. The molecule has 0 unspecified atom stereocenters. The molecule has 0 spiro atoms. The number of hydrogen-bond donors (Lipinski definition) is 1. The highest BCUT2D eigenvalue weighted by molar-refractivity contribution is 9.10. The van der Waals surface area contributed by atoms with Gasteiger partial charge in [-0.2, -0.15) is 0 Å². The number of hydrogen-bond acceptors (Lipinski definition) is 4. The Labute approximate surface area is 154 Å². The number of ether oxygens (including phenoxy) is 2. The zero-order valence-electron chi connectivity index (χ0n) is 13.1. The zero-order chi connectivity index (χ0) is 16.8. The van der Waals surface area contributed by atoms with Gasteiger partial charge in [0, 0.05) is 15.9 Å². The Kier molecular flexibility index (Phi) is 6.04. The quantitative estimate of drug-likeness (QED) is 0.742. The van der Waals surface area contributed by atoms with Crippen molar-refractivity contribution in [2.75, 3.05) is 25.5 Å². The number of carbonyl (C=O) groups is 1. The van der Waals surface area contributed by atoms with Crippen LogP contribution < -0.4 is 14.8 Å². The van der Waals surface area contributed by atoms with Gasteiger partial charge in [-0.1, -0.05) is 22.0 Å². The average Bonchev–Trinajstić information content (AvgIpc) is 2.61. The highest BCUT2D eigenvalue weighted by atomic mass is 79.9. The summed E-state index contributed by atoms with van der Waals surface area (Å²) < 4.78 is 12.1. The predicted octanol–water partition coefficient (Wildman–Crippen LogP) is 3.67. The Hall–Kier alpha value is -1.66. The van der Waals surface area contributed by atoms with Gasteiger partial charge in [0.05, 0.1) is 5.75 Å². The summed E-state index contributed by atoms with van der Waals surface area (Å²) in [4.78, 5) is 13.0. The van der Waals surface area contributed by atoms with Crippen LogP contribution in [0.15, 0.2) is 51.8 Å². The molecule has 0 saturated heterocycles. The van der Waals surface area contributed by atoms with E-state index in [4.69, 9.17) is 9.47 Å². The Balaban J connectivity index is 1.41. The van der Waals surface area contributed by atoms with Crippen LogP contribution in [-0.4, -0.2) is 31.4 Å². The minimum Gasteiger partial charge on any atom is -0.486 e. The first-order valence-corrected chi connectivity index (χ1v) is 9.52. The average molecular weight is 408 g/mol. The van der Waals surface area contributed by atoms with Crippen molar-refractivity contribution in [2.45, 2.75) is 11.3 Å². The zero-order valence-corrected chi connectivity index (χ0v) is 15.5. The number of halogens is 1. The lowest BCUT2D eigenvalue weighted by Crippen LogP contribution is -2.27. The van der Waals surface area contributed by atoms with Gasteiger partial charge in [-0.25, -0.2) is 0 Å². The van der Waals surface area contributed by atoms with Gasteiger partial charge in [-0.15, -0.1) is 11.8 Å². The second-order valence-electron chi connectivity index (χ2n) is 5.32. The molecule has 4 nitrogen and oxygen atoms in total. The molecule has 0 aliphatic carbocycles. The molecule has 1 aliphatic rings. The predicted molar refractivity (Wildman–Crippen MR) is 99.0 cm³/mol. The lowest BCUT2D eigenvalue weighted by Gasteiger charge is -2.18. The summed E-state index contributed by atoms with van der Waals surface area (Å²) in [5, 5.41) is 2.95. The number of thioether (sulfide) groups is 1. The standard InChI is InChI=1S/C18H18BrNO3S/c19-14-2-4-15(5-3-14)24-12-18(21)20-8-7-13-1-6-16-17(11-13)23-10-9-22-16/h1-6,11H,7-10,12H2,(H,20,21).